The van der Waals surface area contributed by atoms with Gasteiger partial charge < -0.3 is 9.47 Å². The minimum Gasteiger partial charge on any atom is -0.490 e. The van der Waals surface area contributed by atoms with Gasteiger partial charge in [0.05, 0.1) is 5.56 Å². The van der Waals surface area contributed by atoms with Crippen LogP contribution in [0.2, 0.25) is 5.02 Å². The van der Waals surface area contributed by atoms with Crippen LogP contribution in [-0.2, 0) is 0 Å². The van der Waals surface area contributed by atoms with Crippen molar-refractivity contribution < 1.29 is 9.47 Å². The van der Waals surface area contributed by atoms with E-state index in [0.717, 1.165) is 11.3 Å². The van der Waals surface area contributed by atoms with Gasteiger partial charge in [-0.2, -0.15) is 5.26 Å². The average Bonchev–Trinajstić information content (AvgIpc) is 2.46. The Morgan fingerprint density at radius 1 is 1.05 bits per heavy atom. The summed E-state index contributed by atoms with van der Waals surface area (Å²) in [6.45, 7) is 2.72. The quantitative estimate of drug-likeness (QED) is 0.781. The lowest BCUT2D eigenvalue weighted by Crippen LogP contribution is -2.10. The van der Waals surface area contributed by atoms with Gasteiger partial charge in [0, 0.05) is 5.02 Å². The van der Waals surface area contributed by atoms with Gasteiger partial charge in [-0.1, -0.05) is 23.7 Å². The molecule has 0 atom stereocenters. The van der Waals surface area contributed by atoms with Crippen LogP contribution in [0.5, 0.6) is 11.5 Å². The van der Waals surface area contributed by atoms with Crippen molar-refractivity contribution in [3.05, 3.63) is 58.6 Å². The zero-order valence-corrected chi connectivity index (χ0v) is 11.9. The molecule has 4 heteroatoms. The number of hydrogen-bond donors (Lipinski definition) is 0. The molecule has 0 N–H and O–H groups in total. The first kappa shape index (κ1) is 14.2. The Labute approximate surface area is 123 Å². The van der Waals surface area contributed by atoms with Crippen molar-refractivity contribution in [2.75, 3.05) is 13.2 Å². The van der Waals surface area contributed by atoms with E-state index in [4.69, 9.17) is 26.3 Å². The van der Waals surface area contributed by atoms with Crippen molar-refractivity contribution in [2.45, 2.75) is 6.92 Å². The molecule has 0 aromatic heterocycles. The van der Waals surface area contributed by atoms with Gasteiger partial charge in [0.25, 0.3) is 0 Å². The summed E-state index contributed by atoms with van der Waals surface area (Å²) in [5.41, 5.74) is 1.50. The van der Waals surface area contributed by atoms with E-state index in [1.54, 1.807) is 24.3 Å². The van der Waals surface area contributed by atoms with Crippen molar-refractivity contribution in [3.63, 3.8) is 0 Å². The number of nitrogens with zero attached hydrogens (tertiary/aromatic N) is 1. The Bertz CT molecular complexity index is 635. The van der Waals surface area contributed by atoms with Crippen molar-refractivity contribution >= 4 is 11.6 Å². The maximum absolute atomic E-state index is 8.94. The first-order chi connectivity index (χ1) is 9.70. The highest BCUT2D eigenvalue weighted by Crippen LogP contribution is 2.22. The smallest absolute Gasteiger partial charge is 0.137 e. The molecule has 2 aromatic rings. The molecule has 0 aliphatic rings. The molecule has 0 bridgehead atoms. The van der Waals surface area contributed by atoms with Gasteiger partial charge in [-0.3, -0.25) is 0 Å². The SMILES string of the molecule is Cc1cc(Cl)ccc1OCCOc1ccccc1C#N. The molecule has 0 amide bonds. The summed E-state index contributed by atoms with van der Waals surface area (Å²) in [6, 6.07) is 14.7. The van der Waals surface area contributed by atoms with Crippen molar-refractivity contribution in [1.82, 2.24) is 0 Å². The van der Waals surface area contributed by atoms with Crippen LogP contribution >= 0.6 is 11.6 Å². The normalized spacial score (nSPS) is 9.85. The van der Waals surface area contributed by atoms with Crippen molar-refractivity contribution in [3.8, 4) is 17.6 Å². The van der Waals surface area contributed by atoms with E-state index >= 15 is 0 Å². The van der Waals surface area contributed by atoms with E-state index in [2.05, 4.69) is 6.07 Å². The Kier molecular flexibility index (Phi) is 4.86. The highest BCUT2D eigenvalue weighted by atomic mass is 35.5. The topological polar surface area (TPSA) is 42.2 Å². The first-order valence-corrected chi connectivity index (χ1v) is 6.59. The minimum absolute atomic E-state index is 0.376. The molecule has 0 spiro atoms. The lowest BCUT2D eigenvalue weighted by atomic mass is 10.2. The van der Waals surface area contributed by atoms with Gasteiger partial charge in [0.1, 0.15) is 30.8 Å². The molecule has 0 saturated heterocycles. The van der Waals surface area contributed by atoms with Crippen molar-refractivity contribution in [1.29, 1.82) is 5.26 Å². The first-order valence-electron chi connectivity index (χ1n) is 6.21. The van der Waals surface area contributed by atoms with Gasteiger partial charge in [-0.15, -0.1) is 0 Å². The van der Waals surface area contributed by atoms with Crippen LogP contribution in [0.15, 0.2) is 42.5 Å². The number of benzene rings is 2. The molecule has 3 nitrogen and oxygen atoms in total. The third kappa shape index (κ3) is 3.66. The molecule has 0 unspecified atom stereocenters. The van der Waals surface area contributed by atoms with Crippen LogP contribution in [0.3, 0.4) is 0 Å². The molecule has 0 aliphatic heterocycles. The summed E-state index contributed by atoms with van der Waals surface area (Å²) in [4.78, 5) is 0. The lowest BCUT2D eigenvalue weighted by Gasteiger charge is -2.11. The van der Waals surface area contributed by atoms with Crippen LogP contribution in [0.1, 0.15) is 11.1 Å². The molecule has 0 aliphatic carbocycles. The lowest BCUT2D eigenvalue weighted by molar-refractivity contribution is 0.216. The second-order valence-electron chi connectivity index (χ2n) is 4.21. The fraction of sp³-hybridized carbons (Fsp3) is 0.188. The molecular formula is C16H14ClNO2. The molecule has 2 aromatic carbocycles. The number of halogens is 1. The molecule has 0 heterocycles. The van der Waals surface area contributed by atoms with Crippen LogP contribution in [0.4, 0.5) is 0 Å². The Balaban J connectivity index is 1.86. The maximum Gasteiger partial charge on any atom is 0.137 e. The Hall–Kier alpha value is -2.18. The summed E-state index contributed by atoms with van der Waals surface area (Å²) in [5, 5.41) is 9.63. The Morgan fingerprint density at radius 2 is 1.75 bits per heavy atom. The summed E-state index contributed by atoms with van der Waals surface area (Å²) in [7, 11) is 0. The van der Waals surface area contributed by atoms with E-state index in [0.29, 0.717) is 29.5 Å². The minimum atomic E-state index is 0.376. The molecule has 0 radical (unpaired) electrons. The van der Waals surface area contributed by atoms with Gasteiger partial charge in [-0.05, 0) is 42.8 Å². The van der Waals surface area contributed by atoms with Crippen molar-refractivity contribution in [2.24, 2.45) is 0 Å². The molecule has 20 heavy (non-hydrogen) atoms. The second-order valence-corrected chi connectivity index (χ2v) is 4.65. The fourth-order valence-electron chi connectivity index (χ4n) is 1.76. The molecular weight excluding hydrogens is 274 g/mol. The number of nitriles is 1. The third-order valence-corrected chi connectivity index (χ3v) is 2.98. The fourth-order valence-corrected chi connectivity index (χ4v) is 1.99. The summed E-state index contributed by atoms with van der Waals surface area (Å²) >= 11 is 5.88. The summed E-state index contributed by atoms with van der Waals surface area (Å²) in [6.07, 6.45) is 0. The van der Waals surface area contributed by atoms with Crippen LogP contribution in [-0.4, -0.2) is 13.2 Å². The van der Waals surface area contributed by atoms with E-state index in [-0.39, 0.29) is 0 Å². The highest BCUT2D eigenvalue weighted by molar-refractivity contribution is 6.30. The van der Waals surface area contributed by atoms with E-state index in [9.17, 15) is 0 Å². The summed E-state index contributed by atoms with van der Waals surface area (Å²) < 4.78 is 11.2. The van der Waals surface area contributed by atoms with Crippen LogP contribution in [0, 0.1) is 18.3 Å². The third-order valence-electron chi connectivity index (χ3n) is 2.74. The standard InChI is InChI=1S/C16H14ClNO2/c1-12-10-14(17)6-7-15(12)19-8-9-20-16-5-3-2-4-13(16)11-18/h2-7,10H,8-9H2,1H3. The largest absolute Gasteiger partial charge is 0.490 e. The molecule has 0 fully saturated rings. The predicted octanol–water partition coefficient (Wildman–Crippen LogP) is 3.98. The predicted molar refractivity (Wildman–Crippen MR) is 78.3 cm³/mol. The Morgan fingerprint density at radius 3 is 2.45 bits per heavy atom. The molecule has 2 rings (SSSR count). The zero-order valence-electron chi connectivity index (χ0n) is 11.1. The monoisotopic (exact) mass is 287 g/mol. The van der Waals surface area contributed by atoms with E-state index < -0.39 is 0 Å². The summed E-state index contributed by atoms with van der Waals surface area (Å²) in [5.74, 6) is 1.36. The van der Waals surface area contributed by atoms with Gasteiger partial charge in [-0.25, -0.2) is 0 Å². The molecule has 0 saturated carbocycles. The second kappa shape index (κ2) is 6.83. The van der Waals surface area contributed by atoms with Crippen LogP contribution < -0.4 is 9.47 Å². The van der Waals surface area contributed by atoms with E-state index in [1.165, 1.54) is 0 Å². The van der Waals surface area contributed by atoms with Gasteiger partial charge in [0.15, 0.2) is 0 Å². The van der Waals surface area contributed by atoms with Gasteiger partial charge in [0.2, 0.25) is 0 Å². The average molecular weight is 288 g/mol. The number of aryl methyl sites for hydroxylation is 1. The molecule has 102 valence electrons. The van der Waals surface area contributed by atoms with Gasteiger partial charge >= 0.3 is 0 Å². The number of para-hydroxylation sites is 1. The number of ether oxygens (including phenoxy) is 2. The number of hydrogen-bond acceptors (Lipinski definition) is 3. The maximum atomic E-state index is 8.94. The number of rotatable bonds is 5. The van der Waals surface area contributed by atoms with E-state index in [1.807, 2.05) is 25.1 Å². The van der Waals surface area contributed by atoms with Crippen LogP contribution in [0.25, 0.3) is 0 Å². The zero-order chi connectivity index (χ0) is 14.4. The highest BCUT2D eigenvalue weighted by Gasteiger charge is 2.03.